The molecule has 4 rings (SSSR count). The molecule has 2 heterocycles. The fourth-order valence-electron chi connectivity index (χ4n) is 3.52. The molecule has 2 aromatic carbocycles. The number of benzene rings is 2. The Morgan fingerprint density at radius 2 is 2.19 bits per heavy atom. The number of anilines is 2. The molecule has 0 aliphatic carbocycles. The van der Waals surface area contributed by atoms with Crippen LogP contribution in [0, 0.1) is 11.3 Å². The minimum atomic E-state index is -0.465. The van der Waals surface area contributed by atoms with Crippen molar-refractivity contribution < 1.29 is 14.3 Å². The predicted octanol–water partition coefficient (Wildman–Crippen LogP) is 2.84. The summed E-state index contributed by atoms with van der Waals surface area (Å²) in [6.45, 7) is 0.941. The second kappa shape index (κ2) is 6.52. The standard InChI is InChI=1S/C20H17N3O3/c21-11-13-3-1-4-14(9-13)12-26-20(25)15-6-7-17-16(10-15)22-19(24)18-5-2-8-23(17)18/h1,3-4,6-7,9-10,18H,2,5,8,12H2,(H,22,24)/t18-/m0/s1. The van der Waals surface area contributed by atoms with Crippen LogP contribution < -0.4 is 10.2 Å². The van der Waals surface area contributed by atoms with Gasteiger partial charge in [0.2, 0.25) is 5.91 Å². The molecule has 0 bridgehead atoms. The van der Waals surface area contributed by atoms with Gasteiger partial charge in [-0.3, -0.25) is 4.79 Å². The number of hydrogen-bond donors (Lipinski definition) is 1. The summed E-state index contributed by atoms with van der Waals surface area (Å²) in [6, 6.07) is 14.1. The highest BCUT2D eigenvalue weighted by molar-refractivity contribution is 6.05. The van der Waals surface area contributed by atoms with Gasteiger partial charge in [0.05, 0.1) is 28.6 Å². The molecule has 1 amide bonds. The van der Waals surface area contributed by atoms with E-state index in [1.54, 1.807) is 36.4 Å². The molecule has 0 aromatic heterocycles. The summed E-state index contributed by atoms with van der Waals surface area (Å²) < 4.78 is 5.34. The molecule has 130 valence electrons. The lowest BCUT2D eigenvalue weighted by atomic mass is 10.1. The maximum absolute atomic E-state index is 12.4. The number of nitrogens with one attached hydrogen (secondary N) is 1. The van der Waals surface area contributed by atoms with E-state index in [9.17, 15) is 9.59 Å². The average molecular weight is 347 g/mol. The summed E-state index contributed by atoms with van der Waals surface area (Å²) in [4.78, 5) is 26.6. The van der Waals surface area contributed by atoms with Crippen LogP contribution in [0.4, 0.5) is 11.4 Å². The third-order valence-electron chi connectivity index (χ3n) is 4.78. The number of hydrogen-bond acceptors (Lipinski definition) is 5. The monoisotopic (exact) mass is 347 g/mol. The molecule has 26 heavy (non-hydrogen) atoms. The molecule has 0 radical (unpaired) electrons. The summed E-state index contributed by atoms with van der Waals surface area (Å²) in [5, 5.41) is 11.8. The zero-order valence-electron chi connectivity index (χ0n) is 14.1. The van der Waals surface area contributed by atoms with Gasteiger partial charge in [0.15, 0.2) is 0 Å². The second-order valence-electron chi connectivity index (χ2n) is 6.46. The summed E-state index contributed by atoms with van der Waals surface area (Å²) in [5.41, 5.74) is 3.26. The first-order chi connectivity index (χ1) is 12.7. The Hall–Kier alpha value is -3.33. The van der Waals surface area contributed by atoms with Crippen molar-refractivity contribution in [3.05, 3.63) is 59.2 Å². The molecule has 2 aromatic rings. The number of carbonyl (C=O) groups is 2. The van der Waals surface area contributed by atoms with E-state index in [1.165, 1.54) is 0 Å². The highest BCUT2D eigenvalue weighted by Crippen LogP contribution is 2.37. The van der Waals surface area contributed by atoms with E-state index in [0.29, 0.717) is 16.8 Å². The lowest BCUT2D eigenvalue weighted by molar-refractivity contribution is -0.117. The van der Waals surface area contributed by atoms with Crippen LogP contribution in [-0.4, -0.2) is 24.5 Å². The van der Waals surface area contributed by atoms with Gasteiger partial charge >= 0.3 is 5.97 Å². The molecule has 0 unspecified atom stereocenters. The summed E-state index contributed by atoms with van der Waals surface area (Å²) in [6.07, 6.45) is 1.85. The first kappa shape index (κ1) is 16.2. The van der Waals surface area contributed by atoms with E-state index in [2.05, 4.69) is 16.3 Å². The molecule has 2 aliphatic rings. The molecular formula is C20H17N3O3. The van der Waals surface area contributed by atoms with E-state index in [1.807, 2.05) is 6.07 Å². The number of nitriles is 1. The van der Waals surface area contributed by atoms with Gasteiger partial charge in [-0.1, -0.05) is 12.1 Å². The average Bonchev–Trinajstić information content (AvgIpc) is 3.16. The Bertz CT molecular complexity index is 932. The minimum absolute atomic E-state index is 0.0196. The number of fused-ring (bicyclic) bond motifs is 3. The molecule has 1 atom stereocenters. The van der Waals surface area contributed by atoms with Gasteiger partial charge in [-0.25, -0.2) is 4.79 Å². The van der Waals surface area contributed by atoms with E-state index in [-0.39, 0.29) is 18.6 Å². The molecular weight excluding hydrogens is 330 g/mol. The van der Waals surface area contributed by atoms with Crippen LogP contribution in [0.25, 0.3) is 0 Å². The van der Waals surface area contributed by atoms with Crippen molar-refractivity contribution in [2.45, 2.75) is 25.5 Å². The molecule has 6 heteroatoms. The Balaban J connectivity index is 1.50. The van der Waals surface area contributed by atoms with Crippen molar-refractivity contribution in [2.24, 2.45) is 0 Å². The molecule has 2 aliphatic heterocycles. The molecule has 6 nitrogen and oxygen atoms in total. The Labute approximate surface area is 151 Å². The van der Waals surface area contributed by atoms with Crippen LogP contribution in [0.3, 0.4) is 0 Å². The molecule has 1 N–H and O–H groups in total. The summed E-state index contributed by atoms with van der Waals surface area (Å²) >= 11 is 0. The van der Waals surface area contributed by atoms with Crippen molar-refractivity contribution >= 4 is 23.3 Å². The van der Waals surface area contributed by atoms with E-state index in [0.717, 1.165) is 30.6 Å². The largest absolute Gasteiger partial charge is 0.457 e. The lowest BCUT2D eigenvalue weighted by Gasteiger charge is -2.33. The van der Waals surface area contributed by atoms with Crippen LogP contribution in [-0.2, 0) is 16.1 Å². The van der Waals surface area contributed by atoms with Crippen molar-refractivity contribution in [3.63, 3.8) is 0 Å². The fraction of sp³-hybridized carbons (Fsp3) is 0.250. The van der Waals surface area contributed by atoms with Crippen molar-refractivity contribution in [1.82, 2.24) is 0 Å². The summed E-state index contributed by atoms with van der Waals surface area (Å²) in [5.74, 6) is -0.484. The number of rotatable bonds is 3. The third kappa shape index (κ3) is 2.88. The highest BCUT2D eigenvalue weighted by Gasteiger charge is 2.36. The van der Waals surface area contributed by atoms with E-state index in [4.69, 9.17) is 10.00 Å². The number of ether oxygens (including phenoxy) is 1. The lowest BCUT2D eigenvalue weighted by Crippen LogP contribution is -2.43. The first-order valence-electron chi connectivity index (χ1n) is 8.53. The SMILES string of the molecule is N#Cc1cccc(COC(=O)c2ccc3c(c2)NC(=O)[C@@H]2CCCN32)c1. The molecule has 0 spiro atoms. The smallest absolute Gasteiger partial charge is 0.338 e. The number of nitrogens with zero attached hydrogens (tertiary/aromatic N) is 2. The minimum Gasteiger partial charge on any atom is -0.457 e. The van der Waals surface area contributed by atoms with Crippen LogP contribution in [0.5, 0.6) is 0 Å². The predicted molar refractivity (Wildman–Crippen MR) is 95.7 cm³/mol. The van der Waals surface area contributed by atoms with Gasteiger partial charge in [0, 0.05) is 6.54 Å². The number of amides is 1. The quantitative estimate of drug-likeness (QED) is 0.864. The van der Waals surface area contributed by atoms with Crippen molar-refractivity contribution in [2.75, 3.05) is 16.8 Å². The van der Waals surface area contributed by atoms with Gasteiger partial charge < -0.3 is 15.0 Å². The maximum Gasteiger partial charge on any atom is 0.338 e. The van der Waals surface area contributed by atoms with Gasteiger partial charge in [-0.05, 0) is 48.7 Å². The van der Waals surface area contributed by atoms with Crippen LogP contribution in [0.1, 0.15) is 34.3 Å². The van der Waals surface area contributed by atoms with E-state index < -0.39 is 5.97 Å². The maximum atomic E-state index is 12.4. The number of esters is 1. The fourth-order valence-corrected chi connectivity index (χ4v) is 3.52. The third-order valence-corrected chi connectivity index (χ3v) is 4.78. The Kier molecular flexibility index (Phi) is 4.05. The number of carbonyl (C=O) groups excluding carboxylic acids is 2. The molecule has 1 saturated heterocycles. The normalized spacial score (nSPS) is 17.7. The van der Waals surface area contributed by atoms with Crippen molar-refractivity contribution in [3.8, 4) is 6.07 Å². The van der Waals surface area contributed by atoms with Crippen molar-refractivity contribution in [1.29, 1.82) is 5.26 Å². The van der Waals surface area contributed by atoms with Gasteiger partial charge in [-0.2, -0.15) is 5.26 Å². The van der Waals surface area contributed by atoms with Crippen LogP contribution in [0.2, 0.25) is 0 Å². The van der Waals surface area contributed by atoms with Gasteiger partial charge in [0.1, 0.15) is 12.6 Å². The Morgan fingerprint density at radius 1 is 1.31 bits per heavy atom. The van der Waals surface area contributed by atoms with Crippen LogP contribution >= 0.6 is 0 Å². The zero-order valence-corrected chi connectivity index (χ0v) is 14.1. The van der Waals surface area contributed by atoms with Gasteiger partial charge in [0.25, 0.3) is 0 Å². The summed E-state index contributed by atoms with van der Waals surface area (Å²) in [7, 11) is 0. The molecule has 1 fully saturated rings. The molecule has 0 saturated carbocycles. The van der Waals surface area contributed by atoms with Crippen LogP contribution in [0.15, 0.2) is 42.5 Å². The van der Waals surface area contributed by atoms with Gasteiger partial charge in [-0.15, -0.1) is 0 Å². The zero-order chi connectivity index (χ0) is 18.1. The Morgan fingerprint density at radius 3 is 3.04 bits per heavy atom. The second-order valence-corrected chi connectivity index (χ2v) is 6.46. The topological polar surface area (TPSA) is 82.4 Å². The highest BCUT2D eigenvalue weighted by atomic mass is 16.5. The first-order valence-corrected chi connectivity index (χ1v) is 8.53. The van der Waals surface area contributed by atoms with E-state index >= 15 is 0 Å².